The summed E-state index contributed by atoms with van der Waals surface area (Å²) in [4.78, 5) is 13.3. The zero-order valence-corrected chi connectivity index (χ0v) is 23.6. The first-order valence-electron chi connectivity index (χ1n) is 12.8. The topological polar surface area (TPSA) is 126 Å². The van der Waals surface area contributed by atoms with Crippen LogP contribution in [0.25, 0.3) is 0 Å². The maximum Gasteiger partial charge on any atom is 0.305 e. The number of ether oxygens (including phenoxy) is 2. The summed E-state index contributed by atoms with van der Waals surface area (Å²) in [5.41, 5.74) is 7.08. The van der Waals surface area contributed by atoms with Crippen molar-refractivity contribution in [3.63, 3.8) is 0 Å². The van der Waals surface area contributed by atoms with Gasteiger partial charge in [-0.05, 0) is 68.9 Å². The Kier molecular flexibility index (Phi) is 10.7. The van der Waals surface area contributed by atoms with Crippen LogP contribution in [0.3, 0.4) is 0 Å². The number of hydrogen-bond acceptors (Lipinski definition) is 6. The molecule has 0 spiro atoms. The van der Waals surface area contributed by atoms with E-state index in [4.69, 9.17) is 27.5 Å². The van der Waals surface area contributed by atoms with E-state index >= 15 is 0 Å². The minimum atomic E-state index is -3.98. The molecule has 3 rings (SSSR count). The zero-order chi connectivity index (χ0) is 27.7. The number of carbonyl (C=O) groups is 1. The summed E-state index contributed by atoms with van der Waals surface area (Å²) in [7, 11) is -2.63. The number of benzene rings is 2. The Morgan fingerprint density at radius 1 is 1.18 bits per heavy atom. The molecule has 11 heteroatoms. The second kappa shape index (κ2) is 13.7. The van der Waals surface area contributed by atoms with Crippen LogP contribution in [0.1, 0.15) is 50.5 Å². The van der Waals surface area contributed by atoms with E-state index in [0.717, 1.165) is 31.4 Å². The monoisotopic (exact) mass is 564 g/mol. The second-order valence-electron chi connectivity index (χ2n) is 9.44. The van der Waals surface area contributed by atoms with E-state index in [-0.39, 0.29) is 40.9 Å². The molecule has 0 aliphatic carbocycles. The number of sulfonamides is 1. The predicted octanol–water partition coefficient (Wildman–Crippen LogP) is 4.70. The summed E-state index contributed by atoms with van der Waals surface area (Å²) >= 11 is 6.30. The van der Waals surface area contributed by atoms with Gasteiger partial charge in [0.1, 0.15) is 17.3 Å². The van der Waals surface area contributed by atoms with E-state index < -0.39 is 10.0 Å². The summed E-state index contributed by atoms with van der Waals surface area (Å²) in [5, 5.41) is 8.01. The van der Waals surface area contributed by atoms with Crippen molar-refractivity contribution >= 4 is 39.2 Å². The largest absolute Gasteiger partial charge is 0.491 e. The Hall–Kier alpha value is -2.98. The van der Waals surface area contributed by atoms with Gasteiger partial charge in [-0.1, -0.05) is 30.2 Å². The van der Waals surface area contributed by atoms with Crippen LogP contribution in [0.15, 0.2) is 47.4 Å². The number of piperidine rings is 1. The third kappa shape index (κ3) is 7.77. The van der Waals surface area contributed by atoms with Crippen molar-refractivity contribution in [3.8, 4) is 5.75 Å². The summed E-state index contributed by atoms with van der Waals surface area (Å²) in [6.45, 7) is 3.16. The number of nitrogens with two attached hydrogens (primary N) is 1. The van der Waals surface area contributed by atoms with Crippen molar-refractivity contribution < 1.29 is 22.7 Å². The van der Waals surface area contributed by atoms with E-state index in [9.17, 15) is 13.2 Å². The quantitative estimate of drug-likeness (QED) is 0.165. The van der Waals surface area contributed by atoms with E-state index in [1.165, 1.54) is 17.5 Å². The van der Waals surface area contributed by atoms with Crippen LogP contribution in [0.2, 0.25) is 5.02 Å². The molecular formula is C27H37ClN4O5S. The number of halogens is 1. The van der Waals surface area contributed by atoms with Crippen LogP contribution in [-0.2, 0) is 19.6 Å². The zero-order valence-electron chi connectivity index (χ0n) is 22.0. The molecule has 2 aromatic rings. The molecule has 1 heterocycles. The maximum absolute atomic E-state index is 13.8. The van der Waals surface area contributed by atoms with Crippen LogP contribution >= 0.6 is 11.6 Å². The highest BCUT2D eigenvalue weighted by atomic mass is 35.5. The van der Waals surface area contributed by atoms with Gasteiger partial charge in [0.15, 0.2) is 5.96 Å². The molecule has 0 aromatic heterocycles. The Morgan fingerprint density at radius 3 is 2.66 bits per heavy atom. The number of nitrogens with zero attached hydrogens (tertiary/aromatic N) is 2. The Balaban J connectivity index is 1.85. The van der Waals surface area contributed by atoms with E-state index in [2.05, 4.69) is 4.74 Å². The SMILES string of the molecule is COC(=O)CCCCCN(c1cc(C)cc(OCC2CCCCN2C(=N)N)c1)S(=O)(=O)c1ccccc1Cl. The Labute approximate surface area is 230 Å². The molecule has 0 radical (unpaired) electrons. The molecule has 208 valence electrons. The van der Waals surface area contributed by atoms with Crippen molar-refractivity contribution in [3.05, 3.63) is 53.1 Å². The molecule has 1 aliphatic heterocycles. The molecule has 0 saturated carbocycles. The highest BCUT2D eigenvalue weighted by molar-refractivity contribution is 7.93. The Bertz CT molecular complexity index is 1220. The minimum absolute atomic E-state index is 0.0111. The highest BCUT2D eigenvalue weighted by Crippen LogP contribution is 2.32. The van der Waals surface area contributed by atoms with Crippen LogP contribution < -0.4 is 14.8 Å². The number of anilines is 1. The van der Waals surface area contributed by atoms with Gasteiger partial charge in [0.2, 0.25) is 0 Å². The molecule has 38 heavy (non-hydrogen) atoms. The maximum atomic E-state index is 13.8. The number of carbonyl (C=O) groups excluding carboxylic acids is 1. The summed E-state index contributed by atoms with van der Waals surface area (Å²) in [5.74, 6) is 0.291. The number of rotatable bonds is 12. The van der Waals surface area contributed by atoms with Crippen molar-refractivity contribution in [1.29, 1.82) is 5.41 Å². The lowest BCUT2D eigenvalue weighted by molar-refractivity contribution is -0.140. The van der Waals surface area contributed by atoms with Crippen LogP contribution in [0.4, 0.5) is 5.69 Å². The van der Waals surface area contributed by atoms with E-state index in [1.807, 2.05) is 17.9 Å². The van der Waals surface area contributed by atoms with Crippen LogP contribution in [-0.4, -0.2) is 58.1 Å². The van der Waals surface area contributed by atoms with Gasteiger partial charge in [-0.2, -0.15) is 0 Å². The predicted molar refractivity (Wildman–Crippen MR) is 149 cm³/mol. The number of nitrogens with one attached hydrogen (secondary N) is 1. The molecule has 3 N–H and O–H groups in total. The smallest absolute Gasteiger partial charge is 0.305 e. The van der Waals surface area contributed by atoms with E-state index in [1.54, 1.807) is 30.3 Å². The molecule has 1 aliphatic rings. The van der Waals surface area contributed by atoms with Gasteiger partial charge >= 0.3 is 5.97 Å². The van der Waals surface area contributed by atoms with Gasteiger partial charge < -0.3 is 20.1 Å². The fourth-order valence-corrected chi connectivity index (χ4v) is 6.59. The molecule has 1 atom stereocenters. The average Bonchev–Trinajstić information content (AvgIpc) is 2.89. The first kappa shape index (κ1) is 29.6. The lowest BCUT2D eigenvalue weighted by Crippen LogP contribution is -2.49. The summed E-state index contributed by atoms with van der Waals surface area (Å²) < 4.78 is 39.8. The van der Waals surface area contributed by atoms with Crippen molar-refractivity contribution in [1.82, 2.24) is 4.90 Å². The number of hydrogen-bond donors (Lipinski definition) is 2. The van der Waals surface area contributed by atoms with Gasteiger partial charge in [-0.25, -0.2) is 8.42 Å². The van der Waals surface area contributed by atoms with Crippen LogP contribution in [0.5, 0.6) is 5.75 Å². The molecule has 1 saturated heterocycles. The number of guanidine groups is 1. The number of unbranched alkanes of at least 4 members (excludes halogenated alkanes) is 2. The lowest BCUT2D eigenvalue weighted by atomic mass is 10.0. The first-order valence-corrected chi connectivity index (χ1v) is 14.6. The van der Waals surface area contributed by atoms with Gasteiger partial charge in [0.25, 0.3) is 10.0 Å². The number of esters is 1. The first-order chi connectivity index (χ1) is 18.1. The van der Waals surface area contributed by atoms with Crippen molar-refractivity contribution in [2.24, 2.45) is 5.73 Å². The minimum Gasteiger partial charge on any atom is -0.491 e. The highest BCUT2D eigenvalue weighted by Gasteiger charge is 2.28. The summed E-state index contributed by atoms with van der Waals surface area (Å²) in [6.07, 6.45) is 4.98. The Morgan fingerprint density at radius 2 is 1.95 bits per heavy atom. The fourth-order valence-electron chi connectivity index (χ4n) is 4.60. The molecule has 0 amide bonds. The third-order valence-corrected chi connectivity index (χ3v) is 8.90. The molecule has 1 unspecified atom stereocenters. The molecule has 1 fully saturated rings. The summed E-state index contributed by atoms with van der Waals surface area (Å²) in [6, 6.07) is 11.8. The van der Waals surface area contributed by atoms with Crippen molar-refractivity contribution in [2.45, 2.75) is 62.8 Å². The molecular weight excluding hydrogens is 528 g/mol. The number of methoxy groups -OCH3 is 1. The van der Waals surface area contributed by atoms with Gasteiger partial charge in [0.05, 0.1) is 23.9 Å². The average molecular weight is 565 g/mol. The van der Waals surface area contributed by atoms with Gasteiger partial charge in [-0.15, -0.1) is 0 Å². The molecule has 9 nitrogen and oxygen atoms in total. The van der Waals surface area contributed by atoms with Crippen LogP contribution in [0, 0.1) is 12.3 Å². The second-order valence-corrected chi connectivity index (χ2v) is 11.7. The standard InChI is InChI=1S/C27H37ClN4O5S/c1-20-16-22(18-23(17-20)37-19-21-10-7-9-14-31(21)27(29)30)32(15-8-3-4-13-26(33)36-2)38(34,35)25-12-6-5-11-24(25)28/h5-6,11-12,16-18,21H,3-4,7-10,13-15,19H2,1-2H3,(H3,29,30). The molecule has 2 aromatic carbocycles. The molecule has 0 bridgehead atoms. The van der Waals surface area contributed by atoms with Gasteiger partial charge in [-0.3, -0.25) is 14.5 Å². The fraction of sp³-hybridized carbons (Fsp3) is 0.481. The van der Waals surface area contributed by atoms with E-state index in [0.29, 0.717) is 37.3 Å². The van der Waals surface area contributed by atoms with Crippen molar-refractivity contribution in [2.75, 3.05) is 31.1 Å². The van der Waals surface area contributed by atoms with Gasteiger partial charge in [0, 0.05) is 25.6 Å². The normalized spacial score (nSPS) is 15.7. The number of aryl methyl sites for hydroxylation is 1. The third-order valence-electron chi connectivity index (χ3n) is 6.58. The lowest BCUT2D eigenvalue weighted by Gasteiger charge is -2.35. The number of likely N-dealkylation sites (tertiary alicyclic amines) is 1.